The van der Waals surface area contributed by atoms with E-state index in [1.807, 2.05) is 0 Å². The molecule has 16 heavy (non-hydrogen) atoms. The third-order valence-electron chi connectivity index (χ3n) is 6.78. The van der Waals surface area contributed by atoms with Gasteiger partial charge in [-0.25, -0.2) is 0 Å². The van der Waals surface area contributed by atoms with Crippen LogP contribution >= 0.6 is 0 Å². The Hall–Kier alpha value is -0.330. The van der Waals surface area contributed by atoms with Gasteiger partial charge in [0.15, 0.2) is 0 Å². The van der Waals surface area contributed by atoms with Crippen molar-refractivity contribution in [1.29, 1.82) is 0 Å². The van der Waals surface area contributed by atoms with E-state index in [2.05, 4.69) is 27.7 Å². The van der Waals surface area contributed by atoms with Gasteiger partial charge in [-0.15, -0.1) is 0 Å². The van der Waals surface area contributed by atoms with Crippen LogP contribution in [0.3, 0.4) is 0 Å². The van der Waals surface area contributed by atoms with Gasteiger partial charge in [0.1, 0.15) is 5.78 Å². The Balaban J connectivity index is 2.05. The van der Waals surface area contributed by atoms with Gasteiger partial charge in [0.2, 0.25) is 0 Å². The molecule has 0 radical (unpaired) electrons. The first-order chi connectivity index (χ1) is 7.39. The Morgan fingerprint density at radius 2 is 1.75 bits per heavy atom. The molecule has 3 rings (SSSR count). The lowest BCUT2D eigenvalue weighted by molar-refractivity contribution is -0.134. The predicted molar refractivity (Wildman–Crippen MR) is 65.0 cm³/mol. The van der Waals surface area contributed by atoms with Gasteiger partial charge >= 0.3 is 0 Å². The van der Waals surface area contributed by atoms with Gasteiger partial charge in [0.25, 0.3) is 0 Å². The minimum absolute atomic E-state index is 0.333. The summed E-state index contributed by atoms with van der Waals surface area (Å²) in [6.45, 7) is 9.43. The van der Waals surface area contributed by atoms with Crippen molar-refractivity contribution in [2.45, 2.75) is 53.4 Å². The van der Waals surface area contributed by atoms with Crippen LogP contribution in [-0.2, 0) is 4.79 Å². The molecule has 1 nitrogen and oxygen atoms in total. The number of hydrogen-bond acceptors (Lipinski definition) is 1. The second-order valence-corrected chi connectivity index (χ2v) is 7.30. The quantitative estimate of drug-likeness (QED) is 0.608. The van der Waals surface area contributed by atoms with Crippen LogP contribution in [-0.4, -0.2) is 5.78 Å². The first kappa shape index (κ1) is 10.8. The normalized spacial score (nSPS) is 54.1. The average Bonchev–Trinajstić information content (AvgIpc) is 2.54. The molecule has 0 amide bonds. The van der Waals surface area contributed by atoms with E-state index in [9.17, 15) is 4.79 Å². The zero-order chi connectivity index (χ0) is 11.7. The fraction of sp³-hybridized carbons (Fsp3) is 0.933. The van der Waals surface area contributed by atoms with Gasteiger partial charge in [-0.3, -0.25) is 4.79 Å². The van der Waals surface area contributed by atoms with Crippen LogP contribution in [0, 0.1) is 34.5 Å². The van der Waals surface area contributed by atoms with Gasteiger partial charge in [0, 0.05) is 11.8 Å². The number of Topliss-reactive ketones (excluding diaryl/α,β-unsaturated/α-hetero) is 1. The maximum atomic E-state index is 12.4. The van der Waals surface area contributed by atoms with Gasteiger partial charge in [-0.2, -0.15) is 0 Å². The molecule has 3 saturated carbocycles. The number of rotatable bonds is 0. The molecule has 0 heterocycles. The third kappa shape index (κ3) is 0.966. The van der Waals surface area contributed by atoms with Crippen molar-refractivity contribution in [3.8, 4) is 0 Å². The molecule has 2 bridgehead atoms. The summed E-state index contributed by atoms with van der Waals surface area (Å²) in [5.74, 6) is 2.72. The minimum Gasteiger partial charge on any atom is -0.299 e. The molecule has 3 aliphatic carbocycles. The van der Waals surface area contributed by atoms with E-state index in [1.54, 1.807) is 0 Å². The molecule has 0 spiro atoms. The number of hydrogen-bond donors (Lipinski definition) is 0. The molecule has 0 aromatic carbocycles. The van der Waals surface area contributed by atoms with Crippen molar-refractivity contribution in [3.63, 3.8) is 0 Å². The van der Waals surface area contributed by atoms with Gasteiger partial charge in [-0.05, 0) is 48.3 Å². The highest BCUT2D eigenvalue weighted by atomic mass is 16.1. The monoisotopic (exact) mass is 220 g/mol. The number of carbonyl (C=O) groups is 1. The molecule has 0 N–H and O–H groups in total. The van der Waals surface area contributed by atoms with Gasteiger partial charge in [-0.1, -0.05) is 27.7 Å². The Bertz CT molecular complexity index is 343. The van der Waals surface area contributed by atoms with E-state index < -0.39 is 0 Å². The van der Waals surface area contributed by atoms with Crippen molar-refractivity contribution in [1.82, 2.24) is 0 Å². The lowest BCUT2D eigenvalue weighted by Crippen LogP contribution is -2.40. The van der Waals surface area contributed by atoms with Crippen LogP contribution in [0.4, 0.5) is 0 Å². The molecule has 0 aliphatic heterocycles. The highest BCUT2D eigenvalue weighted by molar-refractivity contribution is 5.85. The molecular weight excluding hydrogens is 196 g/mol. The zero-order valence-electron chi connectivity index (χ0n) is 11.0. The highest BCUT2D eigenvalue weighted by Gasteiger charge is 2.68. The predicted octanol–water partition coefficient (Wildman–Crippen LogP) is 3.67. The SMILES string of the molecule is CC1CCC2C(C1=O)[C@H]1CC[C@]2(C)C1(C)C. The van der Waals surface area contributed by atoms with E-state index >= 15 is 0 Å². The second-order valence-electron chi connectivity index (χ2n) is 7.30. The summed E-state index contributed by atoms with van der Waals surface area (Å²) in [5, 5.41) is 0. The fourth-order valence-electron chi connectivity index (χ4n) is 5.33. The summed E-state index contributed by atoms with van der Waals surface area (Å²) >= 11 is 0. The first-order valence-electron chi connectivity index (χ1n) is 6.93. The lowest BCUT2D eigenvalue weighted by atomic mass is 9.61. The topological polar surface area (TPSA) is 17.1 Å². The summed E-state index contributed by atoms with van der Waals surface area (Å²) < 4.78 is 0. The minimum atomic E-state index is 0.333. The molecule has 0 aromatic heterocycles. The first-order valence-corrected chi connectivity index (χ1v) is 6.93. The Labute approximate surface area is 99.0 Å². The summed E-state index contributed by atoms with van der Waals surface area (Å²) in [5.41, 5.74) is 0.834. The van der Waals surface area contributed by atoms with Crippen LogP contribution in [0.15, 0.2) is 0 Å². The van der Waals surface area contributed by atoms with E-state index in [-0.39, 0.29) is 0 Å². The Morgan fingerprint density at radius 1 is 1.06 bits per heavy atom. The number of carbonyl (C=O) groups excluding carboxylic acids is 1. The molecule has 5 atom stereocenters. The van der Waals surface area contributed by atoms with E-state index in [4.69, 9.17) is 0 Å². The molecule has 1 heteroatoms. The van der Waals surface area contributed by atoms with E-state index in [1.165, 1.54) is 19.3 Å². The van der Waals surface area contributed by atoms with Gasteiger partial charge < -0.3 is 0 Å². The smallest absolute Gasteiger partial charge is 0.139 e. The molecule has 90 valence electrons. The average molecular weight is 220 g/mol. The third-order valence-corrected chi connectivity index (χ3v) is 6.78. The van der Waals surface area contributed by atoms with E-state index in [0.717, 1.165) is 6.42 Å². The van der Waals surface area contributed by atoms with Crippen molar-refractivity contribution < 1.29 is 4.79 Å². The fourth-order valence-corrected chi connectivity index (χ4v) is 5.33. The van der Waals surface area contributed by atoms with Gasteiger partial charge in [0.05, 0.1) is 0 Å². The van der Waals surface area contributed by atoms with Crippen LogP contribution < -0.4 is 0 Å². The number of ketones is 1. The molecule has 3 fully saturated rings. The molecular formula is C15H24O. The molecule has 0 aromatic rings. The van der Waals surface area contributed by atoms with Crippen LogP contribution in [0.1, 0.15) is 53.4 Å². The maximum Gasteiger partial charge on any atom is 0.139 e. The largest absolute Gasteiger partial charge is 0.299 e. The zero-order valence-corrected chi connectivity index (χ0v) is 11.0. The standard InChI is InChI=1S/C15H24O/c1-9-5-6-11-12(13(9)16)10-7-8-15(11,4)14(10,2)3/h9-12H,5-8H2,1-4H3/t9?,10-,11?,12?,15+/m1/s1. The van der Waals surface area contributed by atoms with Crippen molar-refractivity contribution in [3.05, 3.63) is 0 Å². The maximum absolute atomic E-state index is 12.4. The summed E-state index contributed by atoms with van der Waals surface area (Å²) in [6.07, 6.45) is 5.09. The molecule has 3 aliphatic rings. The Kier molecular flexibility index (Phi) is 1.97. The highest BCUT2D eigenvalue weighted by Crippen LogP contribution is 2.72. The summed E-state index contributed by atoms with van der Waals surface area (Å²) in [4.78, 5) is 12.4. The van der Waals surface area contributed by atoms with Crippen molar-refractivity contribution in [2.75, 3.05) is 0 Å². The second kappa shape index (κ2) is 2.91. The molecule has 3 unspecified atom stereocenters. The van der Waals surface area contributed by atoms with Crippen LogP contribution in [0.5, 0.6) is 0 Å². The van der Waals surface area contributed by atoms with Crippen molar-refractivity contribution >= 4 is 5.78 Å². The summed E-state index contributed by atoms with van der Waals surface area (Å²) in [7, 11) is 0. The van der Waals surface area contributed by atoms with Crippen LogP contribution in [0.2, 0.25) is 0 Å². The van der Waals surface area contributed by atoms with E-state index in [0.29, 0.717) is 40.3 Å². The van der Waals surface area contributed by atoms with Crippen molar-refractivity contribution in [2.24, 2.45) is 34.5 Å². The summed E-state index contributed by atoms with van der Waals surface area (Å²) in [6, 6.07) is 0. The Morgan fingerprint density at radius 3 is 2.44 bits per heavy atom. The number of fused-ring (bicyclic) bond motifs is 5. The van der Waals surface area contributed by atoms with Crippen LogP contribution in [0.25, 0.3) is 0 Å². The lowest BCUT2D eigenvalue weighted by Gasteiger charge is -2.43. The molecule has 0 saturated heterocycles.